The van der Waals surface area contributed by atoms with E-state index in [9.17, 15) is 14.4 Å². The van der Waals surface area contributed by atoms with Gasteiger partial charge in [-0.15, -0.1) is 0 Å². The zero-order valence-electron chi connectivity index (χ0n) is 13.0. The minimum atomic E-state index is -0.475. The molecule has 23 heavy (non-hydrogen) atoms. The van der Waals surface area contributed by atoms with Crippen LogP contribution in [0.4, 0.5) is 11.5 Å². The number of hydrogen-bond acceptors (Lipinski definition) is 4. The highest BCUT2D eigenvalue weighted by molar-refractivity contribution is 5.95. The van der Waals surface area contributed by atoms with Crippen LogP contribution in [0.5, 0.6) is 0 Å². The Balaban J connectivity index is 2.03. The molecule has 1 aliphatic heterocycles. The molecule has 1 atom stereocenters. The van der Waals surface area contributed by atoms with E-state index in [0.29, 0.717) is 6.42 Å². The number of carbonyl (C=O) groups excluding carboxylic acids is 1. The number of hydrogen-bond donors (Lipinski definition) is 2. The van der Waals surface area contributed by atoms with Crippen LogP contribution in [0.25, 0.3) is 0 Å². The fourth-order valence-corrected chi connectivity index (χ4v) is 2.80. The molecule has 0 spiro atoms. The molecule has 1 unspecified atom stereocenters. The quantitative estimate of drug-likeness (QED) is 0.843. The molecular weight excluding hydrogens is 296 g/mol. The van der Waals surface area contributed by atoms with Crippen LogP contribution in [0.2, 0.25) is 0 Å². The van der Waals surface area contributed by atoms with Crippen LogP contribution in [0.3, 0.4) is 0 Å². The van der Waals surface area contributed by atoms with Gasteiger partial charge >= 0.3 is 5.69 Å². The van der Waals surface area contributed by atoms with Gasteiger partial charge in [0.15, 0.2) is 0 Å². The van der Waals surface area contributed by atoms with E-state index in [1.54, 1.807) is 0 Å². The monoisotopic (exact) mass is 314 g/mol. The molecule has 2 aromatic rings. The average Bonchev–Trinajstić information content (AvgIpc) is 2.70. The van der Waals surface area contributed by atoms with Crippen molar-refractivity contribution in [3.05, 3.63) is 56.7 Å². The van der Waals surface area contributed by atoms with Crippen molar-refractivity contribution >= 4 is 17.4 Å². The lowest BCUT2D eigenvalue weighted by Crippen LogP contribution is -2.40. The first-order valence-electron chi connectivity index (χ1n) is 7.37. The third kappa shape index (κ3) is 2.77. The first-order chi connectivity index (χ1) is 11.0. The summed E-state index contributed by atoms with van der Waals surface area (Å²) < 4.78 is 2.30. The Labute approximate surface area is 132 Å². The minimum Gasteiger partial charge on any atom is -0.374 e. The second kappa shape index (κ2) is 5.75. The van der Waals surface area contributed by atoms with Crippen molar-refractivity contribution in [2.45, 2.75) is 18.9 Å². The largest absolute Gasteiger partial charge is 0.374 e. The maximum Gasteiger partial charge on any atom is 0.332 e. The Morgan fingerprint density at radius 1 is 1.09 bits per heavy atom. The predicted octanol–water partition coefficient (Wildman–Crippen LogP) is 0.449. The number of aromatic nitrogens is 2. The molecule has 7 heteroatoms. The SMILES string of the molecule is Cn1c2c(c(=O)n(C)c1=O)NC(Cc1ccccc1)CC(=O)N2. The molecule has 0 bridgehead atoms. The second-order valence-electron chi connectivity index (χ2n) is 5.71. The van der Waals surface area contributed by atoms with Crippen LogP contribution >= 0.6 is 0 Å². The van der Waals surface area contributed by atoms with Gasteiger partial charge in [0.2, 0.25) is 5.91 Å². The predicted molar refractivity (Wildman–Crippen MR) is 87.7 cm³/mol. The summed E-state index contributed by atoms with van der Waals surface area (Å²) in [5.74, 6) is -0.000837. The standard InChI is InChI=1S/C16H18N4O3/c1-19-14-13(15(22)20(2)16(19)23)17-11(9-12(21)18-14)8-10-6-4-3-5-7-10/h3-7,11,17H,8-9H2,1-2H3,(H,18,21). The van der Waals surface area contributed by atoms with Crippen LogP contribution in [0.1, 0.15) is 12.0 Å². The third-order valence-electron chi connectivity index (χ3n) is 4.03. The van der Waals surface area contributed by atoms with Gasteiger partial charge in [0.25, 0.3) is 5.56 Å². The lowest BCUT2D eigenvalue weighted by molar-refractivity contribution is -0.116. The number of nitrogens with zero attached hydrogens (tertiary/aromatic N) is 2. The molecule has 0 aliphatic carbocycles. The van der Waals surface area contributed by atoms with E-state index < -0.39 is 11.2 Å². The Morgan fingerprint density at radius 3 is 2.48 bits per heavy atom. The molecule has 7 nitrogen and oxygen atoms in total. The van der Waals surface area contributed by atoms with E-state index in [4.69, 9.17) is 0 Å². The van der Waals surface area contributed by atoms with Gasteiger partial charge in [-0.1, -0.05) is 30.3 Å². The molecule has 2 heterocycles. The van der Waals surface area contributed by atoms with Crippen LogP contribution in [-0.2, 0) is 25.3 Å². The van der Waals surface area contributed by atoms with Crippen LogP contribution in [-0.4, -0.2) is 21.1 Å². The normalized spacial score (nSPS) is 17.0. The zero-order chi connectivity index (χ0) is 16.6. The molecule has 0 fully saturated rings. The van der Waals surface area contributed by atoms with Gasteiger partial charge in [0, 0.05) is 26.6 Å². The summed E-state index contributed by atoms with van der Waals surface area (Å²) in [7, 11) is 2.95. The first-order valence-corrected chi connectivity index (χ1v) is 7.37. The fourth-order valence-electron chi connectivity index (χ4n) is 2.80. The summed E-state index contributed by atoms with van der Waals surface area (Å²) in [5.41, 5.74) is 0.407. The van der Waals surface area contributed by atoms with Crippen molar-refractivity contribution in [2.24, 2.45) is 14.1 Å². The highest BCUT2D eigenvalue weighted by Crippen LogP contribution is 2.22. The molecule has 0 radical (unpaired) electrons. The molecule has 1 aromatic heterocycles. The summed E-state index contributed by atoms with van der Waals surface area (Å²) in [4.78, 5) is 36.5. The number of nitrogens with one attached hydrogen (secondary N) is 2. The number of benzene rings is 1. The van der Waals surface area contributed by atoms with Gasteiger partial charge in [0.05, 0.1) is 0 Å². The Bertz CT molecular complexity index is 867. The van der Waals surface area contributed by atoms with Crippen molar-refractivity contribution in [3.63, 3.8) is 0 Å². The van der Waals surface area contributed by atoms with E-state index in [1.807, 2.05) is 30.3 Å². The van der Waals surface area contributed by atoms with E-state index >= 15 is 0 Å². The number of fused-ring (bicyclic) bond motifs is 1. The van der Waals surface area contributed by atoms with Gasteiger partial charge in [-0.25, -0.2) is 4.79 Å². The lowest BCUT2D eigenvalue weighted by atomic mass is 10.0. The molecule has 1 amide bonds. The maximum absolute atomic E-state index is 12.4. The van der Waals surface area contributed by atoms with Gasteiger partial charge in [-0.3, -0.25) is 18.7 Å². The van der Waals surface area contributed by atoms with Crippen molar-refractivity contribution in [2.75, 3.05) is 10.6 Å². The van der Waals surface area contributed by atoms with Crippen molar-refractivity contribution in [1.82, 2.24) is 9.13 Å². The van der Waals surface area contributed by atoms with Gasteiger partial charge in [0.1, 0.15) is 11.5 Å². The molecule has 1 aliphatic rings. The number of rotatable bonds is 2. The number of amides is 1. The summed E-state index contributed by atoms with van der Waals surface area (Å²) >= 11 is 0. The smallest absolute Gasteiger partial charge is 0.332 e. The van der Waals surface area contributed by atoms with Crippen molar-refractivity contribution < 1.29 is 4.79 Å². The summed E-state index contributed by atoms with van der Waals surface area (Å²) in [6.45, 7) is 0. The summed E-state index contributed by atoms with van der Waals surface area (Å²) in [5, 5.41) is 5.80. The molecule has 1 aromatic carbocycles. The highest BCUT2D eigenvalue weighted by Gasteiger charge is 2.26. The van der Waals surface area contributed by atoms with Crippen LogP contribution in [0.15, 0.2) is 39.9 Å². The summed E-state index contributed by atoms with van der Waals surface area (Å²) in [6, 6.07) is 9.53. The topological polar surface area (TPSA) is 85.1 Å². The number of carbonyl (C=O) groups is 1. The summed E-state index contributed by atoms with van der Waals surface area (Å²) in [6.07, 6.45) is 0.834. The zero-order valence-corrected chi connectivity index (χ0v) is 13.0. The third-order valence-corrected chi connectivity index (χ3v) is 4.03. The van der Waals surface area contributed by atoms with E-state index in [0.717, 1.165) is 10.1 Å². The van der Waals surface area contributed by atoms with Crippen LogP contribution < -0.4 is 21.9 Å². The molecule has 120 valence electrons. The average molecular weight is 314 g/mol. The Morgan fingerprint density at radius 2 is 1.78 bits per heavy atom. The Kier molecular flexibility index (Phi) is 3.77. The molecular formula is C16H18N4O3. The van der Waals surface area contributed by atoms with Crippen LogP contribution in [0, 0.1) is 0 Å². The second-order valence-corrected chi connectivity index (χ2v) is 5.71. The Hall–Kier alpha value is -2.83. The van der Waals surface area contributed by atoms with E-state index in [1.165, 1.54) is 18.7 Å². The van der Waals surface area contributed by atoms with Gasteiger partial charge < -0.3 is 10.6 Å². The molecule has 0 saturated carbocycles. The number of anilines is 2. The van der Waals surface area contributed by atoms with Gasteiger partial charge in [-0.2, -0.15) is 0 Å². The molecule has 2 N–H and O–H groups in total. The minimum absolute atomic E-state index is 0.219. The first kappa shape index (κ1) is 15.1. The van der Waals surface area contributed by atoms with Gasteiger partial charge in [-0.05, 0) is 12.0 Å². The molecule has 0 saturated heterocycles. The lowest BCUT2D eigenvalue weighted by Gasteiger charge is -2.17. The maximum atomic E-state index is 12.4. The molecule has 3 rings (SSSR count). The van der Waals surface area contributed by atoms with Crippen molar-refractivity contribution in [1.29, 1.82) is 0 Å². The highest BCUT2D eigenvalue weighted by atomic mass is 16.2. The van der Waals surface area contributed by atoms with E-state index in [-0.39, 0.29) is 29.9 Å². The van der Waals surface area contributed by atoms with E-state index in [2.05, 4.69) is 10.6 Å². The van der Waals surface area contributed by atoms with Crippen molar-refractivity contribution in [3.8, 4) is 0 Å². The fraction of sp³-hybridized carbons (Fsp3) is 0.312.